The first-order chi connectivity index (χ1) is 15.2. The van der Waals surface area contributed by atoms with E-state index in [1.165, 1.54) is 16.9 Å². The van der Waals surface area contributed by atoms with Gasteiger partial charge in [0.05, 0.1) is 24.9 Å². The second-order valence-electron chi connectivity index (χ2n) is 7.40. The Hall–Kier alpha value is -3.12. The van der Waals surface area contributed by atoms with Crippen LogP contribution in [0.1, 0.15) is 25.3 Å². The molecule has 160 valence electrons. The Morgan fingerprint density at radius 1 is 0.968 bits per heavy atom. The topological polar surface area (TPSA) is 53.4 Å². The van der Waals surface area contributed by atoms with Gasteiger partial charge in [-0.25, -0.2) is 4.98 Å². The molecule has 0 amide bonds. The fourth-order valence-electron chi connectivity index (χ4n) is 3.45. The van der Waals surface area contributed by atoms with Crippen LogP contribution in [0.5, 0.6) is 11.5 Å². The van der Waals surface area contributed by atoms with Crippen molar-refractivity contribution in [2.24, 2.45) is 0 Å². The number of hydrogen-bond donors (Lipinski definition) is 0. The highest BCUT2D eigenvalue weighted by atomic mass is 32.1. The van der Waals surface area contributed by atoms with Gasteiger partial charge in [-0.1, -0.05) is 29.8 Å². The van der Waals surface area contributed by atoms with Gasteiger partial charge in [0, 0.05) is 17.5 Å². The first kappa shape index (κ1) is 21.1. The van der Waals surface area contributed by atoms with Crippen LogP contribution in [0.25, 0.3) is 21.3 Å². The first-order valence-corrected chi connectivity index (χ1v) is 11.4. The maximum atomic E-state index is 13.1. The predicted molar refractivity (Wildman–Crippen MR) is 126 cm³/mol. The zero-order valence-corrected chi connectivity index (χ0v) is 18.7. The van der Waals surface area contributed by atoms with Crippen molar-refractivity contribution < 1.29 is 9.47 Å². The highest BCUT2D eigenvalue weighted by molar-refractivity contribution is 7.17. The van der Waals surface area contributed by atoms with E-state index in [9.17, 15) is 4.79 Å². The quantitative estimate of drug-likeness (QED) is 0.318. The highest BCUT2D eigenvalue weighted by Gasteiger charge is 2.13. The Morgan fingerprint density at radius 3 is 2.42 bits per heavy atom. The zero-order valence-electron chi connectivity index (χ0n) is 17.8. The molecule has 4 aromatic rings. The van der Waals surface area contributed by atoms with Crippen molar-refractivity contribution in [3.05, 3.63) is 76.2 Å². The second kappa shape index (κ2) is 9.79. The van der Waals surface area contributed by atoms with Crippen molar-refractivity contribution in [2.75, 3.05) is 13.2 Å². The number of hydrogen-bond acceptors (Lipinski definition) is 5. The lowest BCUT2D eigenvalue weighted by Crippen LogP contribution is -2.20. The molecule has 0 saturated heterocycles. The van der Waals surface area contributed by atoms with Gasteiger partial charge in [0.25, 0.3) is 5.56 Å². The Morgan fingerprint density at radius 2 is 1.68 bits per heavy atom. The van der Waals surface area contributed by atoms with Crippen LogP contribution in [0.3, 0.4) is 0 Å². The van der Waals surface area contributed by atoms with Crippen molar-refractivity contribution in [1.29, 1.82) is 0 Å². The van der Waals surface area contributed by atoms with E-state index >= 15 is 0 Å². The van der Waals surface area contributed by atoms with Gasteiger partial charge >= 0.3 is 0 Å². The van der Waals surface area contributed by atoms with Crippen LogP contribution in [0.2, 0.25) is 0 Å². The summed E-state index contributed by atoms with van der Waals surface area (Å²) in [6, 6.07) is 15.9. The van der Waals surface area contributed by atoms with Gasteiger partial charge in [-0.15, -0.1) is 11.3 Å². The van der Waals surface area contributed by atoms with Crippen LogP contribution in [0.4, 0.5) is 0 Å². The molecule has 0 N–H and O–H groups in total. The van der Waals surface area contributed by atoms with Crippen LogP contribution < -0.4 is 15.0 Å². The van der Waals surface area contributed by atoms with Crippen LogP contribution in [-0.2, 0) is 6.54 Å². The summed E-state index contributed by atoms with van der Waals surface area (Å²) < 4.78 is 13.0. The van der Waals surface area contributed by atoms with E-state index in [0.717, 1.165) is 40.3 Å². The molecule has 2 aromatic heterocycles. The van der Waals surface area contributed by atoms with E-state index in [4.69, 9.17) is 9.47 Å². The number of aryl methyl sites for hydroxylation is 2. The van der Waals surface area contributed by atoms with Gasteiger partial charge in [-0.3, -0.25) is 9.36 Å². The molecule has 5 nitrogen and oxygen atoms in total. The zero-order chi connectivity index (χ0) is 21.6. The molecule has 0 spiro atoms. The monoisotopic (exact) mass is 434 g/mol. The summed E-state index contributed by atoms with van der Waals surface area (Å²) in [5.74, 6) is 1.71. The minimum atomic E-state index is 0.00888. The molecule has 0 bridgehead atoms. The number of nitrogens with zero attached hydrogens (tertiary/aromatic N) is 2. The number of thiophene rings is 1. The summed E-state index contributed by atoms with van der Waals surface area (Å²) in [4.78, 5) is 18.4. The van der Waals surface area contributed by atoms with Gasteiger partial charge in [-0.2, -0.15) is 0 Å². The van der Waals surface area contributed by atoms with Gasteiger partial charge in [0.1, 0.15) is 16.3 Å². The van der Waals surface area contributed by atoms with Crippen LogP contribution in [0, 0.1) is 6.92 Å². The molecular formula is C25H26N2O3S. The third-order valence-electron chi connectivity index (χ3n) is 5.12. The SMILES string of the molecule is CCOc1ccc(-c2csc3ncn(CCCCOc4ccc(C)cc4)c(=O)c23)cc1. The van der Waals surface area contributed by atoms with E-state index in [1.807, 2.05) is 60.8 Å². The lowest BCUT2D eigenvalue weighted by Gasteiger charge is -2.08. The number of fused-ring (bicyclic) bond motifs is 1. The molecule has 4 rings (SSSR count). The van der Waals surface area contributed by atoms with Crippen molar-refractivity contribution >= 4 is 21.6 Å². The fourth-order valence-corrected chi connectivity index (χ4v) is 4.35. The lowest BCUT2D eigenvalue weighted by molar-refractivity contribution is 0.303. The van der Waals surface area contributed by atoms with E-state index in [0.29, 0.717) is 25.1 Å². The van der Waals surface area contributed by atoms with E-state index in [2.05, 4.69) is 11.9 Å². The molecule has 2 aromatic carbocycles. The molecule has 0 unspecified atom stereocenters. The summed E-state index contributed by atoms with van der Waals surface area (Å²) in [5, 5.41) is 2.70. The summed E-state index contributed by atoms with van der Waals surface area (Å²) in [5.41, 5.74) is 3.15. The Labute approximate surface area is 185 Å². The Bertz CT molecular complexity index is 1190. The molecule has 0 aliphatic rings. The van der Waals surface area contributed by atoms with Crippen molar-refractivity contribution in [3.8, 4) is 22.6 Å². The smallest absolute Gasteiger partial charge is 0.262 e. The number of ether oxygens (including phenoxy) is 2. The number of benzene rings is 2. The van der Waals surface area contributed by atoms with Gasteiger partial charge in [0.15, 0.2) is 0 Å². The molecule has 31 heavy (non-hydrogen) atoms. The molecule has 0 radical (unpaired) electrons. The Kier molecular flexibility index (Phi) is 6.67. The minimum Gasteiger partial charge on any atom is -0.494 e. The molecule has 2 heterocycles. The highest BCUT2D eigenvalue weighted by Crippen LogP contribution is 2.31. The van der Waals surface area contributed by atoms with E-state index in [1.54, 1.807) is 10.9 Å². The van der Waals surface area contributed by atoms with Crippen LogP contribution in [-0.4, -0.2) is 22.8 Å². The second-order valence-corrected chi connectivity index (χ2v) is 8.26. The molecule has 0 atom stereocenters. The van der Waals surface area contributed by atoms with Crippen molar-refractivity contribution in [2.45, 2.75) is 33.2 Å². The fraction of sp³-hybridized carbons (Fsp3) is 0.280. The Balaban J connectivity index is 1.43. The van der Waals surface area contributed by atoms with Gasteiger partial charge in [-0.05, 0) is 56.5 Å². The van der Waals surface area contributed by atoms with Crippen LogP contribution in [0.15, 0.2) is 65.0 Å². The largest absolute Gasteiger partial charge is 0.494 e. The summed E-state index contributed by atoms with van der Waals surface area (Å²) in [7, 11) is 0. The normalized spacial score (nSPS) is 11.0. The molecule has 0 aliphatic heterocycles. The van der Waals surface area contributed by atoms with E-state index < -0.39 is 0 Å². The molecule has 0 saturated carbocycles. The average molecular weight is 435 g/mol. The van der Waals surface area contributed by atoms with Gasteiger partial charge < -0.3 is 9.47 Å². The first-order valence-electron chi connectivity index (χ1n) is 10.5. The summed E-state index contributed by atoms with van der Waals surface area (Å²) in [6.07, 6.45) is 3.37. The van der Waals surface area contributed by atoms with Crippen LogP contribution >= 0.6 is 11.3 Å². The molecule has 0 fully saturated rings. The standard InChI is InChI=1S/C25H26N2O3S/c1-3-29-20-12-8-19(9-13-20)22-16-31-24-23(22)25(28)27(17-26-24)14-4-5-15-30-21-10-6-18(2)7-11-21/h6-13,16-17H,3-5,14-15H2,1-2H3. The molecule has 0 aliphatic carbocycles. The maximum absolute atomic E-state index is 13.1. The van der Waals surface area contributed by atoms with E-state index in [-0.39, 0.29) is 5.56 Å². The minimum absolute atomic E-state index is 0.00888. The molecular weight excluding hydrogens is 408 g/mol. The lowest BCUT2D eigenvalue weighted by atomic mass is 10.1. The third kappa shape index (κ3) is 4.97. The third-order valence-corrected chi connectivity index (χ3v) is 6.01. The van der Waals surface area contributed by atoms with Gasteiger partial charge in [0.2, 0.25) is 0 Å². The average Bonchev–Trinajstić information content (AvgIpc) is 3.22. The molecule has 6 heteroatoms. The van der Waals surface area contributed by atoms with Crippen molar-refractivity contribution in [1.82, 2.24) is 9.55 Å². The number of unbranched alkanes of at least 4 members (excludes halogenated alkanes) is 1. The predicted octanol–water partition coefficient (Wildman–Crippen LogP) is 5.69. The number of aromatic nitrogens is 2. The summed E-state index contributed by atoms with van der Waals surface area (Å²) in [6.45, 7) is 5.90. The summed E-state index contributed by atoms with van der Waals surface area (Å²) >= 11 is 1.50. The maximum Gasteiger partial charge on any atom is 0.262 e. The number of rotatable bonds is 9. The van der Waals surface area contributed by atoms with Crippen molar-refractivity contribution in [3.63, 3.8) is 0 Å².